The lowest BCUT2D eigenvalue weighted by molar-refractivity contribution is 1.05. The third-order valence-corrected chi connectivity index (χ3v) is 2.70. The van der Waals surface area contributed by atoms with Crippen molar-refractivity contribution in [3.05, 3.63) is 42.4 Å². The van der Waals surface area contributed by atoms with Crippen molar-refractivity contribution in [2.24, 2.45) is 0 Å². The van der Waals surface area contributed by atoms with Crippen LogP contribution in [0.4, 0.5) is 0 Å². The van der Waals surface area contributed by atoms with Gasteiger partial charge in [0.15, 0.2) is 0 Å². The summed E-state index contributed by atoms with van der Waals surface area (Å²) < 4.78 is 0. The molecule has 0 amide bonds. The first kappa shape index (κ1) is 8.29. The number of hydrogen-bond donors (Lipinski definition) is 2. The summed E-state index contributed by atoms with van der Waals surface area (Å²) in [6.07, 6.45) is 3.82. The van der Waals surface area contributed by atoms with Gasteiger partial charge in [0.2, 0.25) is 0 Å². The van der Waals surface area contributed by atoms with Crippen LogP contribution in [0.5, 0.6) is 0 Å². The van der Waals surface area contributed by atoms with E-state index < -0.39 is 0 Å². The summed E-state index contributed by atoms with van der Waals surface area (Å²) in [6.45, 7) is 2.03. The first-order chi connectivity index (χ1) is 7.34. The smallest absolute Gasteiger partial charge is 0.0568 e. The number of benzene rings is 1. The Morgan fingerprint density at radius 2 is 2.13 bits per heavy atom. The zero-order valence-corrected chi connectivity index (χ0v) is 8.41. The highest BCUT2D eigenvalue weighted by Crippen LogP contribution is 2.24. The van der Waals surface area contributed by atoms with Crippen molar-refractivity contribution in [3.63, 3.8) is 0 Å². The minimum atomic E-state index is 1.10. The number of aryl methyl sites for hydroxylation is 1. The predicted octanol–water partition coefficient (Wildman–Crippen LogP) is 2.87. The van der Waals surface area contributed by atoms with Gasteiger partial charge < -0.3 is 4.98 Å². The van der Waals surface area contributed by atoms with E-state index in [1.54, 1.807) is 0 Å². The lowest BCUT2D eigenvalue weighted by atomic mass is 10.1. The van der Waals surface area contributed by atoms with Gasteiger partial charge >= 0.3 is 0 Å². The summed E-state index contributed by atoms with van der Waals surface area (Å²) in [4.78, 5) is 3.21. The summed E-state index contributed by atoms with van der Waals surface area (Å²) in [5.41, 5.74) is 4.61. The summed E-state index contributed by atoms with van der Waals surface area (Å²) in [7, 11) is 0. The topological polar surface area (TPSA) is 44.5 Å². The van der Waals surface area contributed by atoms with Gasteiger partial charge in [-0.1, -0.05) is 12.1 Å². The van der Waals surface area contributed by atoms with Crippen LogP contribution in [0.15, 0.2) is 36.7 Å². The Kier molecular flexibility index (Phi) is 1.65. The molecular formula is C12H11N3. The molecule has 0 atom stereocenters. The number of aromatic nitrogens is 3. The second-order valence-corrected chi connectivity index (χ2v) is 3.69. The molecule has 1 aromatic carbocycles. The molecule has 2 N–H and O–H groups in total. The Hall–Kier alpha value is -2.03. The molecule has 0 bridgehead atoms. The molecule has 0 spiro atoms. The number of H-pyrrole nitrogens is 2. The van der Waals surface area contributed by atoms with Gasteiger partial charge in [-0.05, 0) is 30.0 Å². The highest BCUT2D eigenvalue weighted by atomic mass is 15.1. The van der Waals surface area contributed by atoms with E-state index in [1.165, 1.54) is 10.9 Å². The van der Waals surface area contributed by atoms with Crippen molar-refractivity contribution in [2.75, 3.05) is 0 Å². The van der Waals surface area contributed by atoms with Gasteiger partial charge in [0, 0.05) is 23.0 Å². The maximum atomic E-state index is 4.03. The molecule has 3 aromatic rings. The number of aromatic amines is 2. The molecule has 2 heterocycles. The fourth-order valence-corrected chi connectivity index (χ4v) is 1.86. The van der Waals surface area contributed by atoms with E-state index >= 15 is 0 Å². The molecule has 15 heavy (non-hydrogen) atoms. The van der Waals surface area contributed by atoms with Crippen molar-refractivity contribution in [2.45, 2.75) is 6.92 Å². The first-order valence-electron chi connectivity index (χ1n) is 4.92. The number of rotatable bonds is 1. The van der Waals surface area contributed by atoms with Crippen LogP contribution in [0.3, 0.4) is 0 Å². The molecule has 0 fully saturated rings. The van der Waals surface area contributed by atoms with Crippen LogP contribution in [0, 0.1) is 6.92 Å². The van der Waals surface area contributed by atoms with Crippen molar-refractivity contribution < 1.29 is 0 Å². The molecule has 0 radical (unpaired) electrons. The number of nitrogens with zero attached hydrogens (tertiary/aromatic N) is 1. The van der Waals surface area contributed by atoms with Crippen molar-refractivity contribution in [1.29, 1.82) is 0 Å². The van der Waals surface area contributed by atoms with Gasteiger partial charge in [-0.3, -0.25) is 5.10 Å². The zero-order chi connectivity index (χ0) is 10.3. The largest absolute Gasteiger partial charge is 0.361 e. The van der Waals surface area contributed by atoms with Crippen LogP contribution in [0.1, 0.15) is 5.69 Å². The number of fused-ring (bicyclic) bond motifs is 1. The summed E-state index contributed by atoms with van der Waals surface area (Å²) in [5.74, 6) is 0. The minimum Gasteiger partial charge on any atom is -0.361 e. The summed E-state index contributed by atoms with van der Waals surface area (Å²) >= 11 is 0. The molecule has 0 aliphatic heterocycles. The van der Waals surface area contributed by atoms with Gasteiger partial charge in [-0.15, -0.1) is 0 Å². The molecule has 0 unspecified atom stereocenters. The van der Waals surface area contributed by atoms with E-state index in [2.05, 4.69) is 39.4 Å². The monoisotopic (exact) mass is 197 g/mol. The van der Waals surface area contributed by atoms with Crippen LogP contribution in [0.25, 0.3) is 22.0 Å². The fourth-order valence-electron chi connectivity index (χ4n) is 1.86. The average Bonchev–Trinajstić information content (AvgIpc) is 2.84. The Morgan fingerprint density at radius 3 is 2.93 bits per heavy atom. The molecule has 0 saturated carbocycles. The molecule has 3 nitrogen and oxygen atoms in total. The third kappa shape index (κ3) is 1.24. The molecule has 2 aromatic heterocycles. The van der Waals surface area contributed by atoms with Gasteiger partial charge in [0.1, 0.15) is 0 Å². The van der Waals surface area contributed by atoms with E-state index in [0.29, 0.717) is 0 Å². The van der Waals surface area contributed by atoms with Crippen LogP contribution in [-0.4, -0.2) is 15.2 Å². The maximum absolute atomic E-state index is 4.03. The highest BCUT2D eigenvalue weighted by Gasteiger charge is 2.04. The second kappa shape index (κ2) is 2.98. The van der Waals surface area contributed by atoms with Gasteiger partial charge in [0.25, 0.3) is 0 Å². The van der Waals surface area contributed by atoms with Crippen LogP contribution in [-0.2, 0) is 0 Å². The Morgan fingerprint density at radius 1 is 1.20 bits per heavy atom. The van der Waals surface area contributed by atoms with Gasteiger partial charge in [-0.25, -0.2) is 0 Å². The van der Waals surface area contributed by atoms with Crippen LogP contribution >= 0.6 is 0 Å². The van der Waals surface area contributed by atoms with Crippen LogP contribution < -0.4 is 0 Å². The maximum Gasteiger partial charge on any atom is 0.0568 e. The molecule has 0 saturated heterocycles. The quantitative estimate of drug-likeness (QED) is 0.619. The van der Waals surface area contributed by atoms with Gasteiger partial charge in [0.05, 0.1) is 6.20 Å². The lowest BCUT2D eigenvalue weighted by Crippen LogP contribution is -1.79. The summed E-state index contributed by atoms with van der Waals surface area (Å²) in [5, 5.41) is 8.22. The molecule has 3 rings (SSSR count). The normalized spacial score (nSPS) is 11.0. The van der Waals surface area contributed by atoms with E-state index in [-0.39, 0.29) is 0 Å². The fraction of sp³-hybridized carbons (Fsp3) is 0.0833. The van der Waals surface area contributed by atoms with Gasteiger partial charge in [-0.2, -0.15) is 5.10 Å². The molecular weight excluding hydrogens is 186 g/mol. The predicted molar refractivity (Wildman–Crippen MR) is 60.6 cm³/mol. The Labute approximate surface area is 87.1 Å². The van der Waals surface area contributed by atoms with E-state index in [9.17, 15) is 0 Å². The molecule has 0 aliphatic carbocycles. The van der Waals surface area contributed by atoms with E-state index in [0.717, 1.165) is 16.8 Å². The highest BCUT2D eigenvalue weighted by molar-refractivity contribution is 5.85. The second-order valence-electron chi connectivity index (χ2n) is 3.69. The number of hydrogen-bond acceptors (Lipinski definition) is 1. The third-order valence-electron chi connectivity index (χ3n) is 2.70. The summed E-state index contributed by atoms with van der Waals surface area (Å²) in [6, 6.07) is 8.45. The first-order valence-corrected chi connectivity index (χ1v) is 4.92. The van der Waals surface area contributed by atoms with Crippen molar-refractivity contribution in [3.8, 4) is 11.1 Å². The Bertz CT molecular complexity index is 604. The van der Waals surface area contributed by atoms with Crippen molar-refractivity contribution in [1.82, 2.24) is 15.2 Å². The minimum absolute atomic E-state index is 1.10. The zero-order valence-electron chi connectivity index (χ0n) is 8.41. The molecule has 0 aliphatic rings. The molecule has 74 valence electrons. The van der Waals surface area contributed by atoms with Crippen LogP contribution in [0.2, 0.25) is 0 Å². The van der Waals surface area contributed by atoms with E-state index in [1.807, 2.05) is 19.3 Å². The standard InChI is InChI=1S/C12H11N3/c1-8-11(7-14-15-8)10-3-2-9-4-5-13-12(9)6-10/h2-7,13H,1H3,(H,14,15). The SMILES string of the molecule is Cc1[nH]ncc1-c1ccc2cc[nH]c2c1. The lowest BCUT2D eigenvalue weighted by Gasteiger charge is -1.99. The number of nitrogens with one attached hydrogen (secondary N) is 2. The van der Waals surface area contributed by atoms with Crippen molar-refractivity contribution >= 4 is 10.9 Å². The van der Waals surface area contributed by atoms with E-state index in [4.69, 9.17) is 0 Å². The molecule has 3 heteroatoms. The average molecular weight is 197 g/mol. The Balaban J connectivity index is 2.23.